The molecular weight excluding hydrogens is 1260 g/mol. The van der Waals surface area contributed by atoms with Crippen LogP contribution in [-0.2, 0) is 65.4 Å². The smallest absolute Gasteiger partial charge is 0.462 e. The molecule has 0 saturated heterocycles. The molecule has 0 saturated carbocycles. The van der Waals surface area contributed by atoms with Crippen molar-refractivity contribution in [1.82, 2.24) is 0 Å². The van der Waals surface area contributed by atoms with Crippen molar-refractivity contribution in [2.45, 2.75) is 425 Å². The quantitative estimate of drug-likeness (QED) is 0.0222. The zero-order chi connectivity index (χ0) is 70.5. The summed E-state index contributed by atoms with van der Waals surface area (Å²) in [5.41, 5.74) is 0. The molecule has 0 bridgehead atoms. The van der Waals surface area contributed by atoms with Gasteiger partial charge in [0.05, 0.1) is 26.4 Å². The number of phosphoric acid groups is 2. The lowest BCUT2D eigenvalue weighted by molar-refractivity contribution is -0.161. The molecule has 0 radical (unpaired) electrons. The van der Waals surface area contributed by atoms with E-state index in [4.69, 9.17) is 37.0 Å². The highest BCUT2D eigenvalue weighted by atomic mass is 31.2. The molecule has 96 heavy (non-hydrogen) atoms. The highest BCUT2D eigenvalue weighted by Gasteiger charge is 2.30. The Morgan fingerprint density at radius 2 is 0.479 bits per heavy atom. The Morgan fingerprint density at radius 1 is 0.281 bits per heavy atom. The Labute approximate surface area is 588 Å². The molecule has 0 fully saturated rings. The van der Waals surface area contributed by atoms with Crippen LogP contribution in [-0.4, -0.2) is 96.7 Å². The topological polar surface area (TPSA) is 237 Å². The van der Waals surface area contributed by atoms with Gasteiger partial charge in [0.1, 0.15) is 19.3 Å². The molecule has 0 amide bonds. The lowest BCUT2D eigenvalue weighted by atomic mass is 10.0. The van der Waals surface area contributed by atoms with Gasteiger partial charge in [-0.15, -0.1) is 0 Å². The van der Waals surface area contributed by atoms with Crippen molar-refractivity contribution in [3.63, 3.8) is 0 Å². The predicted octanol–water partition coefficient (Wildman–Crippen LogP) is 22.9. The molecular formula is C77H150O17P2. The molecule has 0 heterocycles. The summed E-state index contributed by atoms with van der Waals surface area (Å²) >= 11 is 0. The second-order valence-electron chi connectivity index (χ2n) is 28.2. The first kappa shape index (κ1) is 94.1. The molecule has 0 aromatic rings. The van der Waals surface area contributed by atoms with Crippen molar-refractivity contribution in [2.24, 2.45) is 5.92 Å². The number of hydrogen-bond acceptors (Lipinski definition) is 15. The minimum absolute atomic E-state index is 0.108. The van der Waals surface area contributed by atoms with Crippen LogP contribution < -0.4 is 0 Å². The molecule has 3 N–H and O–H groups in total. The van der Waals surface area contributed by atoms with Crippen LogP contribution in [0, 0.1) is 5.92 Å². The molecule has 5 atom stereocenters. The predicted molar refractivity (Wildman–Crippen MR) is 391 cm³/mol. The van der Waals surface area contributed by atoms with Gasteiger partial charge in [0, 0.05) is 25.7 Å². The van der Waals surface area contributed by atoms with E-state index in [0.29, 0.717) is 25.7 Å². The fourth-order valence-electron chi connectivity index (χ4n) is 11.9. The fourth-order valence-corrected chi connectivity index (χ4v) is 13.5. The average Bonchev–Trinajstić information content (AvgIpc) is 1.20. The van der Waals surface area contributed by atoms with Gasteiger partial charge in [-0.1, -0.05) is 356 Å². The van der Waals surface area contributed by atoms with Gasteiger partial charge in [-0.25, -0.2) is 9.13 Å². The molecule has 0 aliphatic heterocycles. The molecule has 19 heteroatoms. The summed E-state index contributed by atoms with van der Waals surface area (Å²) in [4.78, 5) is 72.9. The average molecular weight is 1410 g/mol. The van der Waals surface area contributed by atoms with E-state index < -0.39 is 97.5 Å². The normalized spacial score (nSPS) is 13.9. The van der Waals surface area contributed by atoms with Gasteiger partial charge < -0.3 is 33.8 Å². The number of ether oxygens (including phenoxy) is 4. The summed E-state index contributed by atoms with van der Waals surface area (Å²) in [7, 11) is -9.91. The van der Waals surface area contributed by atoms with E-state index >= 15 is 0 Å². The van der Waals surface area contributed by atoms with Gasteiger partial charge in [0.25, 0.3) is 0 Å². The third-order valence-electron chi connectivity index (χ3n) is 18.0. The first-order valence-corrected chi connectivity index (χ1v) is 43.1. The number of hydrogen-bond donors (Lipinski definition) is 3. The Hall–Kier alpha value is -1.94. The standard InChI is InChI=1S/C77H150O17P2/c1-6-9-12-15-18-21-24-27-28-29-30-32-37-43-48-53-58-63-77(82)94-73(67-88-75(80)61-56-51-46-41-38-33-34-39-44-49-54-59-70(4)5)69-92-96(85,86)90-65-71(78)64-89-95(83,84)91-68-72(66-87-74(79)60-55-50-45-40-35-26-23-20-17-14-11-8-3)93-76(81)62-57-52-47-42-36-31-25-22-19-16-13-10-7-2/h70-73,78H,6-69H2,1-5H3,(H,83,84)(H,85,86)/t71-,72+,73+/m0/s1. The van der Waals surface area contributed by atoms with Crippen LogP contribution in [0.25, 0.3) is 0 Å². The van der Waals surface area contributed by atoms with Crippen LogP contribution in [0.15, 0.2) is 0 Å². The van der Waals surface area contributed by atoms with Crippen molar-refractivity contribution in [1.29, 1.82) is 0 Å². The van der Waals surface area contributed by atoms with Crippen molar-refractivity contribution in [2.75, 3.05) is 39.6 Å². The maximum absolute atomic E-state index is 13.1. The molecule has 2 unspecified atom stereocenters. The van der Waals surface area contributed by atoms with Crippen LogP contribution in [0.5, 0.6) is 0 Å². The lowest BCUT2D eigenvalue weighted by Gasteiger charge is -2.21. The summed E-state index contributed by atoms with van der Waals surface area (Å²) in [5.74, 6) is -1.34. The van der Waals surface area contributed by atoms with Crippen molar-refractivity contribution in [3.05, 3.63) is 0 Å². The van der Waals surface area contributed by atoms with Crippen molar-refractivity contribution < 1.29 is 80.2 Å². The summed E-state index contributed by atoms with van der Waals surface area (Å²) in [6.07, 6.45) is 59.4. The van der Waals surface area contributed by atoms with E-state index in [9.17, 15) is 43.2 Å². The van der Waals surface area contributed by atoms with Gasteiger partial charge in [0.15, 0.2) is 12.2 Å². The first-order valence-electron chi connectivity index (χ1n) is 40.1. The van der Waals surface area contributed by atoms with Crippen LogP contribution in [0.3, 0.4) is 0 Å². The third-order valence-corrected chi connectivity index (χ3v) is 19.9. The number of carbonyl (C=O) groups is 4. The Bertz CT molecular complexity index is 1840. The number of phosphoric ester groups is 2. The van der Waals surface area contributed by atoms with Crippen LogP contribution >= 0.6 is 15.6 Å². The Balaban J connectivity index is 5.26. The molecule has 0 spiro atoms. The Morgan fingerprint density at radius 3 is 0.708 bits per heavy atom. The van der Waals surface area contributed by atoms with E-state index in [2.05, 4.69) is 34.6 Å². The van der Waals surface area contributed by atoms with Crippen LogP contribution in [0.4, 0.5) is 0 Å². The second kappa shape index (κ2) is 70.1. The number of esters is 4. The monoisotopic (exact) mass is 1410 g/mol. The van der Waals surface area contributed by atoms with E-state index in [0.717, 1.165) is 95.8 Å². The van der Waals surface area contributed by atoms with Gasteiger partial charge in [-0.3, -0.25) is 37.3 Å². The lowest BCUT2D eigenvalue weighted by Crippen LogP contribution is -2.30. The highest BCUT2D eigenvalue weighted by molar-refractivity contribution is 7.47. The molecule has 570 valence electrons. The van der Waals surface area contributed by atoms with E-state index in [1.54, 1.807) is 0 Å². The number of unbranched alkanes of at least 4 members (excludes halogenated alkanes) is 49. The number of aliphatic hydroxyl groups excluding tert-OH is 1. The van der Waals surface area contributed by atoms with Crippen LogP contribution in [0.1, 0.15) is 407 Å². The van der Waals surface area contributed by atoms with Crippen molar-refractivity contribution in [3.8, 4) is 0 Å². The van der Waals surface area contributed by atoms with E-state index in [1.165, 1.54) is 231 Å². The minimum Gasteiger partial charge on any atom is -0.462 e. The number of aliphatic hydroxyl groups is 1. The highest BCUT2D eigenvalue weighted by Crippen LogP contribution is 2.45. The zero-order valence-electron chi connectivity index (χ0n) is 62.5. The van der Waals surface area contributed by atoms with Crippen molar-refractivity contribution >= 4 is 39.5 Å². The molecule has 0 rings (SSSR count). The number of carbonyl (C=O) groups excluding carboxylic acids is 4. The molecule has 0 aromatic heterocycles. The largest absolute Gasteiger partial charge is 0.472 e. The van der Waals surface area contributed by atoms with Crippen LogP contribution in [0.2, 0.25) is 0 Å². The van der Waals surface area contributed by atoms with Gasteiger partial charge in [-0.05, 0) is 31.6 Å². The van der Waals surface area contributed by atoms with E-state index in [-0.39, 0.29) is 25.7 Å². The second-order valence-corrected chi connectivity index (χ2v) is 31.1. The molecule has 17 nitrogen and oxygen atoms in total. The maximum atomic E-state index is 13.1. The van der Waals surface area contributed by atoms with Gasteiger partial charge in [0.2, 0.25) is 0 Å². The molecule has 0 aromatic carbocycles. The fraction of sp³-hybridized carbons (Fsp3) is 0.948. The summed E-state index contributed by atoms with van der Waals surface area (Å²) in [6.45, 7) is 7.31. The third kappa shape index (κ3) is 70.5. The summed E-state index contributed by atoms with van der Waals surface area (Å²) in [6, 6.07) is 0. The number of rotatable bonds is 77. The van der Waals surface area contributed by atoms with E-state index in [1.807, 2.05) is 0 Å². The summed E-state index contributed by atoms with van der Waals surface area (Å²) < 4.78 is 68.6. The van der Waals surface area contributed by atoms with Gasteiger partial charge >= 0.3 is 39.5 Å². The first-order chi connectivity index (χ1) is 46.5. The maximum Gasteiger partial charge on any atom is 0.472 e. The zero-order valence-corrected chi connectivity index (χ0v) is 64.3. The van der Waals surface area contributed by atoms with Gasteiger partial charge in [-0.2, -0.15) is 0 Å². The Kier molecular flexibility index (Phi) is 68.7. The summed E-state index contributed by atoms with van der Waals surface area (Å²) in [5, 5.41) is 10.6. The molecule has 0 aliphatic rings. The SMILES string of the molecule is CCCCCCCCCCCCCCCCCCCC(=O)O[C@H](COC(=O)CCCCCCCCCCCCCC(C)C)COP(=O)(O)OC[C@@H](O)COP(=O)(O)OC[C@@H](COC(=O)CCCCCCCCCCCCCC)OC(=O)CCCCCCCCCCCCCCC. The molecule has 0 aliphatic carbocycles. The minimum atomic E-state index is -4.96.